The topological polar surface area (TPSA) is 67.2 Å². The Bertz CT molecular complexity index is 441. The van der Waals surface area contributed by atoms with Crippen molar-refractivity contribution < 1.29 is 4.79 Å². The molecule has 18 heavy (non-hydrogen) atoms. The molecule has 98 valence electrons. The Hall–Kier alpha value is -1.55. The molecular formula is C14H21N3O. The van der Waals surface area contributed by atoms with E-state index in [2.05, 4.69) is 17.7 Å². The Morgan fingerprint density at radius 3 is 2.83 bits per heavy atom. The lowest BCUT2D eigenvalue weighted by atomic mass is 10.1. The average molecular weight is 247 g/mol. The lowest BCUT2D eigenvalue weighted by Gasteiger charge is -2.13. The molecule has 4 nitrogen and oxygen atoms in total. The molecule has 4 N–H and O–H groups in total. The highest BCUT2D eigenvalue weighted by molar-refractivity contribution is 5.99. The van der Waals surface area contributed by atoms with Gasteiger partial charge in [0.15, 0.2) is 0 Å². The van der Waals surface area contributed by atoms with Crippen LogP contribution in [-0.4, -0.2) is 12.5 Å². The van der Waals surface area contributed by atoms with Gasteiger partial charge in [-0.1, -0.05) is 13.0 Å². The molecule has 1 atom stereocenters. The molecule has 0 aliphatic heterocycles. The largest absolute Gasteiger partial charge is 0.352 e. The van der Waals surface area contributed by atoms with Crippen molar-refractivity contribution in [3.8, 4) is 0 Å². The Morgan fingerprint density at radius 1 is 1.50 bits per heavy atom. The number of aryl methyl sites for hydroxylation is 1. The second kappa shape index (κ2) is 5.40. The molecule has 0 aromatic heterocycles. The molecule has 1 aliphatic carbocycles. The number of anilines is 1. The number of nitrogens with two attached hydrogens (primary N) is 1. The van der Waals surface area contributed by atoms with Crippen molar-refractivity contribution in [3.63, 3.8) is 0 Å². The predicted octanol–water partition coefficient (Wildman–Crippen LogP) is 2.06. The van der Waals surface area contributed by atoms with Crippen molar-refractivity contribution in [1.29, 1.82) is 0 Å². The molecule has 0 heterocycles. The molecule has 0 radical (unpaired) electrons. The lowest BCUT2D eigenvalue weighted by molar-refractivity contribution is 0.0947. The number of carbonyl (C=O) groups excluding carboxylic acids is 1. The number of hydrogen-bond acceptors (Lipinski definition) is 3. The third-order valence-corrected chi connectivity index (χ3v) is 3.59. The zero-order valence-electron chi connectivity index (χ0n) is 11.0. The van der Waals surface area contributed by atoms with Gasteiger partial charge in [0, 0.05) is 6.54 Å². The summed E-state index contributed by atoms with van der Waals surface area (Å²) in [5, 5.41) is 2.98. The predicted molar refractivity (Wildman–Crippen MR) is 73.2 cm³/mol. The minimum Gasteiger partial charge on any atom is -0.352 e. The van der Waals surface area contributed by atoms with E-state index in [0.717, 1.165) is 18.0 Å². The van der Waals surface area contributed by atoms with Gasteiger partial charge < -0.3 is 10.7 Å². The van der Waals surface area contributed by atoms with Gasteiger partial charge in [0.2, 0.25) is 0 Å². The van der Waals surface area contributed by atoms with Crippen LogP contribution in [0.2, 0.25) is 0 Å². The Morgan fingerprint density at radius 2 is 2.22 bits per heavy atom. The monoisotopic (exact) mass is 247 g/mol. The summed E-state index contributed by atoms with van der Waals surface area (Å²) in [7, 11) is 0. The lowest BCUT2D eigenvalue weighted by Crippen LogP contribution is -2.30. The molecule has 1 aromatic carbocycles. The maximum absolute atomic E-state index is 12.1. The van der Waals surface area contributed by atoms with E-state index < -0.39 is 0 Å². The van der Waals surface area contributed by atoms with E-state index >= 15 is 0 Å². The minimum atomic E-state index is -0.0598. The maximum atomic E-state index is 12.1. The fraction of sp³-hybridized carbons (Fsp3) is 0.500. The van der Waals surface area contributed by atoms with Crippen molar-refractivity contribution in [2.24, 2.45) is 17.7 Å². The van der Waals surface area contributed by atoms with E-state index in [-0.39, 0.29) is 5.91 Å². The average Bonchev–Trinajstić information content (AvgIpc) is 3.19. The van der Waals surface area contributed by atoms with Crippen molar-refractivity contribution >= 4 is 11.6 Å². The molecule has 1 amide bonds. The van der Waals surface area contributed by atoms with Gasteiger partial charge in [-0.25, -0.2) is 0 Å². The third-order valence-electron chi connectivity index (χ3n) is 3.59. The fourth-order valence-corrected chi connectivity index (χ4v) is 2.16. The molecule has 0 bridgehead atoms. The van der Waals surface area contributed by atoms with Gasteiger partial charge >= 0.3 is 0 Å². The Kier molecular flexibility index (Phi) is 3.87. The van der Waals surface area contributed by atoms with E-state index in [4.69, 9.17) is 5.84 Å². The van der Waals surface area contributed by atoms with Gasteiger partial charge in [-0.2, -0.15) is 0 Å². The minimum absolute atomic E-state index is 0.0598. The zero-order chi connectivity index (χ0) is 13.1. The molecular weight excluding hydrogens is 226 g/mol. The first-order valence-corrected chi connectivity index (χ1v) is 6.47. The van der Waals surface area contributed by atoms with Crippen molar-refractivity contribution in [2.75, 3.05) is 12.0 Å². The normalized spacial score (nSPS) is 16.2. The number of rotatable bonds is 5. The van der Waals surface area contributed by atoms with Crippen molar-refractivity contribution in [3.05, 3.63) is 29.3 Å². The van der Waals surface area contributed by atoms with E-state index in [1.807, 2.05) is 25.1 Å². The summed E-state index contributed by atoms with van der Waals surface area (Å²) in [6, 6.07) is 5.60. The second-order valence-electron chi connectivity index (χ2n) is 5.22. The zero-order valence-corrected chi connectivity index (χ0v) is 11.0. The van der Waals surface area contributed by atoms with E-state index in [1.54, 1.807) is 0 Å². The molecule has 0 saturated heterocycles. The summed E-state index contributed by atoms with van der Waals surface area (Å²) in [5.41, 5.74) is 4.93. The number of hydrazine groups is 1. The van der Waals surface area contributed by atoms with Crippen LogP contribution in [0.15, 0.2) is 18.2 Å². The fourth-order valence-electron chi connectivity index (χ4n) is 2.16. The molecule has 1 aromatic rings. The van der Waals surface area contributed by atoms with Crippen LogP contribution in [-0.2, 0) is 0 Å². The summed E-state index contributed by atoms with van der Waals surface area (Å²) in [6.07, 6.45) is 2.61. The first-order valence-electron chi connectivity index (χ1n) is 6.47. The molecule has 1 saturated carbocycles. The maximum Gasteiger partial charge on any atom is 0.253 e. The van der Waals surface area contributed by atoms with E-state index in [0.29, 0.717) is 17.2 Å². The van der Waals surface area contributed by atoms with Gasteiger partial charge in [-0.15, -0.1) is 0 Å². The van der Waals surface area contributed by atoms with Crippen LogP contribution in [0.1, 0.15) is 35.7 Å². The number of nitrogen functional groups attached to an aromatic ring is 1. The van der Waals surface area contributed by atoms with Crippen molar-refractivity contribution in [1.82, 2.24) is 5.32 Å². The smallest absolute Gasteiger partial charge is 0.253 e. The van der Waals surface area contributed by atoms with Crippen LogP contribution in [0.25, 0.3) is 0 Å². The third kappa shape index (κ3) is 3.01. The highest BCUT2D eigenvalue weighted by atomic mass is 16.1. The van der Waals surface area contributed by atoms with Crippen LogP contribution in [0, 0.1) is 18.8 Å². The second-order valence-corrected chi connectivity index (χ2v) is 5.22. The summed E-state index contributed by atoms with van der Waals surface area (Å²) in [6.45, 7) is 4.90. The standard InChI is InChI=1S/C14H21N3O/c1-9-3-6-12(13(7-9)17-15)14(18)16-8-10(2)11-4-5-11/h3,6-7,10-11,17H,4-5,8,15H2,1-2H3,(H,16,18). The highest BCUT2D eigenvalue weighted by Crippen LogP contribution is 2.36. The highest BCUT2D eigenvalue weighted by Gasteiger charge is 2.28. The van der Waals surface area contributed by atoms with Crippen LogP contribution >= 0.6 is 0 Å². The summed E-state index contributed by atoms with van der Waals surface area (Å²) in [4.78, 5) is 12.1. The molecule has 0 spiro atoms. The van der Waals surface area contributed by atoms with Gasteiger partial charge in [0.25, 0.3) is 5.91 Å². The van der Waals surface area contributed by atoms with Crippen LogP contribution in [0.3, 0.4) is 0 Å². The number of benzene rings is 1. The number of hydrogen-bond donors (Lipinski definition) is 3. The Labute approximate surface area is 108 Å². The van der Waals surface area contributed by atoms with Crippen LogP contribution in [0.5, 0.6) is 0 Å². The van der Waals surface area contributed by atoms with Gasteiger partial charge in [0.05, 0.1) is 11.3 Å². The number of carbonyl (C=O) groups is 1. The quantitative estimate of drug-likeness (QED) is 0.551. The molecule has 2 rings (SSSR count). The first kappa shape index (κ1) is 12.9. The molecule has 4 heteroatoms. The SMILES string of the molecule is Cc1ccc(C(=O)NCC(C)C2CC2)c(NN)c1. The number of amides is 1. The molecule has 1 fully saturated rings. The summed E-state index contributed by atoms with van der Waals surface area (Å²) < 4.78 is 0. The van der Waals surface area contributed by atoms with Crippen molar-refractivity contribution in [2.45, 2.75) is 26.7 Å². The van der Waals surface area contributed by atoms with E-state index in [1.165, 1.54) is 12.8 Å². The number of nitrogens with one attached hydrogen (secondary N) is 2. The first-order chi connectivity index (χ1) is 8.61. The van der Waals surface area contributed by atoms with Gasteiger partial charge in [0.1, 0.15) is 0 Å². The van der Waals surface area contributed by atoms with E-state index in [9.17, 15) is 4.79 Å². The summed E-state index contributed by atoms with van der Waals surface area (Å²) in [5.74, 6) is 6.75. The van der Waals surface area contributed by atoms with Gasteiger partial charge in [-0.05, 0) is 49.3 Å². The summed E-state index contributed by atoms with van der Waals surface area (Å²) >= 11 is 0. The van der Waals surface area contributed by atoms with Crippen LogP contribution in [0.4, 0.5) is 5.69 Å². The Balaban J connectivity index is 1.99. The van der Waals surface area contributed by atoms with Crippen LogP contribution < -0.4 is 16.6 Å². The van der Waals surface area contributed by atoms with Gasteiger partial charge in [-0.3, -0.25) is 10.6 Å². The molecule has 1 aliphatic rings. The molecule has 1 unspecified atom stereocenters.